The van der Waals surface area contributed by atoms with E-state index < -0.39 is 0 Å². The smallest absolute Gasteiger partial charge is 0.166 e. The molecule has 7 aromatic carbocycles. The maximum Gasteiger partial charge on any atom is 0.166 e. The lowest BCUT2D eigenvalue weighted by Gasteiger charge is -2.21. The van der Waals surface area contributed by atoms with Crippen molar-refractivity contribution in [2.45, 2.75) is 9.79 Å². The van der Waals surface area contributed by atoms with E-state index in [1.165, 1.54) is 44.2 Å². The number of fused-ring (bicyclic) bond motifs is 6. The first-order valence-electron chi connectivity index (χ1n) is 15.2. The van der Waals surface area contributed by atoms with Crippen molar-refractivity contribution >= 4 is 33.6 Å². The predicted molar refractivity (Wildman–Crippen MR) is 188 cm³/mol. The Hall–Kier alpha value is -5.51. The Morgan fingerprint density at radius 3 is 1.80 bits per heavy atom. The molecule has 9 rings (SSSR count). The molecule has 1 aliphatic heterocycles. The topological polar surface area (TPSA) is 14.2 Å². The van der Waals surface area contributed by atoms with Crippen LogP contribution in [0.15, 0.2) is 174 Å². The molecule has 0 saturated heterocycles. The van der Waals surface area contributed by atoms with E-state index in [1.807, 2.05) is 6.07 Å². The van der Waals surface area contributed by atoms with Gasteiger partial charge >= 0.3 is 0 Å². The lowest BCUT2D eigenvalue weighted by Crippen LogP contribution is -2.00. The molecule has 0 radical (unpaired) electrons. The molecule has 0 N–H and O–H groups in total. The normalized spacial score (nSPS) is 12.1. The van der Waals surface area contributed by atoms with E-state index >= 15 is 0 Å². The van der Waals surface area contributed by atoms with Crippen LogP contribution in [0.4, 0.5) is 0 Å². The van der Waals surface area contributed by atoms with Crippen LogP contribution in [-0.4, -0.2) is 4.57 Å². The Kier molecular flexibility index (Phi) is 6.10. The molecule has 3 heteroatoms. The highest BCUT2D eigenvalue weighted by molar-refractivity contribution is 7.99. The molecule has 0 aliphatic carbocycles. The van der Waals surface area contributed by atoms with Crippen LogP contribution in [-0.2, 0) is 0 Å². The van der Waals surface area contributed by atoms with Crippen LogP contribution in [0.25, 0.3) is 60.9 Å². The Morgan fingerprint density at radius 1 is 0.422 bits per heavy atom. The van der Waals surface area contributed by atoms with Gasteiger partial charge < -0.3 is 9.30 Å². The van der Waals surface area contributed by atoms with Crippen molar-refractivity contribution in [3.63, 3.8) is 0 Å². The second kappa shape index (κ2) is 10.6. The van der Waals surface area contributed by atoms with Crippen LogP contribution in [0, 0.1) is 0 Å². The first kappa shape index (κ1) is 25.9. The highest BCUT2D eigenvalue weighted by Crippen LogP contribution is 2.51. The standard InChI is InChI=1S/C42H27NOS/c1-2-11-28(12-3-1)29-13-8-14-30(25-29)31-15-9-16-32(26-31)33-17-10-18-34(27-33)43-37-20-5-4-19-35(37)36-23-24-40-42(41(36)43)44-38-21-6-7-22-39(38)45-40/h1-27H. The van der Waals surface area contributed by atoms with E-state index in [0.717, 1.165) is 38.0 Å². The molecule has 0 spiro atoms. The predicted octanol–water partition coefficient (Wildman–Crippen LogP) is 12.0. The van der Waals surface area contributed by atoms with Gasteiger partial charge in [0.15, 0.2) is 5.75 Å². The summed E-state index contributed by atoms with van der Waals surface area (Å²) < 4.78 is 9.03. The molecule has 1 aromatic heterocycles. The Labute approximate surface area is 266 Å². The number of benzene rings is 7. The molecule has 45 heavy (non-hydrogen) atoms. The van der Waals surface area contributed by atoms with Crippen molar-refractivity contribution in [3.05, 3.63) is 164 Å². The summed E-state index contributed by atoms with van der Waals surface area (Å²) >= 11 is 1.77. The Bertz CT molecular complexity index is 2390. The number of para-hydroxylation sites is 2. The summed E-state index contributed by atoms with van der Waals surface area (Å²) in [6.07, 6.45) is 0. The minimum atomic E-state index is 0.904. The summed E-state index contributed by atoms with van der Waals surface area (Å²) in [4.78, 5) is 2.27. The van der Waals surface area contributed by atoms with Gasteiger partial charge in [0.2, 0.25) is 0 Å². The van der Waals surface area contributed by atoms with Gasteiger partial charge in [-0.1, -0.05) is 127 Å². The second-order valence-electron chi connectivity index (χ2n) is 11.4. The zero-order valence-electron chi connectivity index (χ0n) is 24.4. The molecule has 8 aromatic rings. The molecule has 0 unspecified atom stereocenters. The van der Waals surface area contributed by atoms with Crippen LogP contribution < -0.4 is 4.74 Å². The fourth-order valence-electron chi connectivity index (χ4n) is 6.52. The minimum absolute atomic E-state index is 0.904. The highest BCUT2D eigenvalue weighted by Gasteiger charge is 2.24. The fourth-order valence-corrected chi connectivity index (χ4v) is 7.48. The van der Waals surface area contributed by atoms with E-state index in [1.54, 1.807) is 11.8 Å². The van der Waals surface area contributed by atoms with Gasteiger partial charge in [-0.25, -0.2) is 0 Å². The number of aromatic nitrogens is 1. The Morgan fingerprint density at radius 2 is 1.02 bits per heavy atom. The molecule has 1 aliphatic rings. The van der Waals surface area contributed by atoms with Gasteiger partial charge in [-0.3, -0.25) is 0 Å². The minimum Gasteiger partial charge on any atom is -0.453 e. The molecular weight excluding hydrogens is 567 g/mol. The lowest BCUT2D eigenvalue weighted by molar-refractivity contribution is 0.459. The largest absolute Gasteiger partial charge is 0.453 e. The fraction of sp³-hybridized carbons (Fsp3) is 0. The third kappa shape index (κ3) is 4.44. The summed E-state index contributed by atoms with van der Waals surface area (Å²) in [6, 6.07) is 58.5. The second-order valence-corrected chi connectivity index (χ2v) is 12.5. The summed E-state index contributed by atoms with van der Waals surface area (Å²) in [5.41, 5.74) is 10.6. The molecule has 0 atom stereocenters. The maximum atomic E-state index is 6.66. The van der Waals surface area contributed by atoms with E-state index in [9.17, 15) is 0 Å². The van der Waals surface area contributed by atoms with Gasteiger partial charge in [0.25, 0.3) is 0 Å². The van der Waals surface area contributed by atoms with E-state index in [2.05, 4.69) is 162 Å². The van der Waals surface area contributed by atoms with Gasteiger partial charge in [-0.2, -0.15) is 0 Å². The molecule has 0 fully saturated rings. The number of nitrogens with zero attached hydrogens (tertiary/aromatic N) is 1. The third-order valence-electron chi connectivity index (χ3n) is 8.64. The van der Waals surface area contributed by atoms with Crippen molar-refractivity contribution in [1.82, 2.24) is 4.57 Å². The highest BCUT2D eigenvalue weighted by atomic mass is 32.2. The van der Waals surface area contributed by atoms with Crippen LogP contribution in [0.2, 0.25) is 0 Å². The molecule has 0 saturated carbocycles. The van der Waals surface area contributed by atoms with Crippen molar-refractivity contribution < 1.29 is 4.74 Å². The zero-order chi connectivity index (χ0) is 29.7. The monoisotopic (exact) mass is 593 g/mol. The van der Waals surface area contributed by atoms with Gasteiger partial charge in [-0.15, -0.1) is 0 Å². The molecule has 212 valence electrons. The van der Waals surface area contributed by atoms with E-state index in [4.69, 9.17) is 4.74 Å². The molecule has 2 nitrogen and oxygen atoms in total. The van der Waals surface area contributed by atoms with Crippen LogP contribution in [0.1, 0.15) is 0 Å². The molecule has 2 heterocycles. The van der Waals surface area contributed by atoms with E-state index in [0.29, 0.717) is 0 Å². The van der Waals surface area contributed by atoms with Gasteiger partial charge in [-0.05, 0) is 81.9 Å². The van der Waals surface area contributed by atoms with Gasteiger partial charge in [0.1, 0.15) is 5.75 Å². The quantitative estimate of drug-likeness (QED) is 0.201. The van der Waals surface area contributed by atoms with Crippen LogP contribution >= 0.6 is 11.8 Å². The number of rotatable bonds is 4. The van der Waals surface area contributed by atoms with Crippen LogP contribution in [0.3, 0.4) is 0 Å². The summed E-state index contributed by atoms with van der Waals surface area (Å²) in [7, 11) is 0. The average molecular weight is 594 g/mol. The van der Waals surface area contributed by atoms with Gasteiger partial charge in [0, 0.05) is 16.5 Å². The average Bonchev–Trinajstić information content (AvgIpc) is 3.46. The maximum absolute atomic E-state index is 6.66. The van der Waals surface area contributed by atoms with Crippen LogP contribution in [0.5, 0.6) is 11.5 Å². The molecular formula is C42H27NOS. The first-order valence-corrected chi connectivity index (χ1v) is 16.0. The molecule has 0 bridgehead atoms. The van der Waals surface area contributed by atoms with Crippen molar-refractivity contribution in [3.8, 4) is 50.6 Å². The Balaban J connectivity index is 1.17. The first-order chi connectivity index (χ1) is 22.3. The van der Waals surface area contributed by atoms with Crippen molar-refractivity contribution in [2.75, 3.05) is 0 Å². The number of hydrogen-bond donors (Lipinski definition) is 0. The summed E-state index contributed by atoms with van der Waals surface area (Å²) in [5.74, 6) is 1.82. The zero-order valence-corrected chi connectivity index (χ0v) is 25.2. The van der Waals surface area contributed by atoms with Crippen molar-refractivity contribution in [2.24, 2.45) is 0 Å². The SMILES string of the molecule is c1ccc(-c2cccc(-c3cccc(-c4cccc(-n5c6ccccc6c6ccc7c(c65)Oc5ccccc5S7)c4)c3)c2)cc1. The lowest BCUT2D eigenvalue weighted by atomic mass is 9.96. The third-order valence-corrected chi connectivity index (χ3v) is 9.74. The summed E-state index contributed by atoms with van der Waals surface area (Å²) in [5, 5.41) is 2.41. The van der Waals surface area contributed by atoms with Crippen molar-refractivity contribution in [1.29, 1.82) is 0 Å². The van der Waals surface area contributed by atoms with Gasteiger partial charge in [0.05, 0.1) is 20.8 Å². The molecule has 0 amide bonds. The number of ether oxygens (including phenoxy) is 1. The van der Waals surface area contributed by atoms with E-state index in [-0.39, 0.29) is 0 Å². The summed E-state index contributed by atoms with van der Waals surface area (Å²) in [6.45, 7) is 0. The number of hydrogen-bond acceptors (Lipinski definition) is 2.